The number of halogens is 4. The predicted molar refractivity (Wildman–Crippen MR) is 140 cm³/mol. The van der Waals surface area contributed by atoms with E-state index < -0.39 is 35.3 Å². The van der Waals surface area contributed by atoms with Crippen LogP contribution in [0, 0.1) is 23.6 Å². The molecule has 2 aromatic carbocycles. The van der Waals surface area contributed by atoms with E-state index in [0.717, 1.165) is 31.4 Å². The van der Waals surface area contributed by atoms with Crippen LogP contribution in [0.25, 0.3) is 0 Å². The molecule has 2 amide bonds. The molecule has 12 heteroatoms. The summed E-state index contributed by atoms with van der Waals surface area (Å²) >= 11 is 0. The van der Waals surface area contributed by atoms with Gasteiger partial charge in [0.25, 0.3) is 11.8 Å². The van der Waals surface area contributed by atoms with E-state index in [4.69, 9.17) is 15.2 Å². The quantitative estimate of drug-likeness (QED) is 0.301. The Kier molecular flexibility index (Phi) is 7.50. The first-order valence-electron chi connectivity index (χ1n) is 13.0. The maximum absolute atomic E-state index is 15.8. The molecule has 2 saturated carbocycles. The zero-order valence-electron chi connectivity index (χ0n) is 22.1. The number of nitrogens with one attached hydrogen (secondary N) is 1. The lowest BCUT2D eigenvalue weighted by Gasteiger charge is -2.24. The van der Waals surface area contributed by atoms with E-state index in [9.17, 15) is 22.8 Å². The van der Waals surface area contributed by atoms with Gasteiger partial charge in [-0.15, -0.1) is 13.2 Å². The lowest BCUT2D eigenvalue weighted by atomic mass is 9.82. The topological polar surface area (TPSA) is 113 Å². The van der Waals surface area contributed by atoms with Crippen LogP contribution >= 0.6 is 0 Å². The first kappa shape index (κ1) is 28.2. The van der Waals surface area contributed by atoms with Gasteiger partial charge in [0.05, 0.1) is 7.11 Å². The zero-order valence-corrected chi connectivity index (χ0v) is 22.1. The summed E-state index contributed by atoms with van der Waals surface area (Å²) in [7, 11) is 1.22. The Morgan fingerprint density at radius 2 is 1.83 bits per heavy atom. The molecule has 216 valence electrons. The molecule has 5 rings (SSSR count). The van der Waals surface area contributed by atoms with Gasteiger partial charge in [-0.25, -0.2) is 4.39 Å². The summed E-state index contributed by atoms with van der Waals surface area (Å²) in [6, 6.07) is 8.74. The van der Waals surface area contributed by atoms with Crippen molar-refractivity contribution in [1.29, 1.82) is 0 Å². The van der Waals surface area contributed by atoms with Crippen molar-refractivity contribution in [2.75, 3.05) is 12.4 Å². The molecule has 2 fully saturated rings. The predicted octanol–water partition coefficient (Wildman–Crippen LogP) is 6.42. The number of hydrogen-bond acceptors (Lipinski definition) is 6. The van der Waals surface area contributed by atoms with Gasteiger partial charge in [0.15, 0.2) is 11.5 Å². The number of carbonyl (C=O) groups excluding carboxylic acids is 2. The highest BCUT2D eigenvalue weighted by Gasteiger charge is 2.46. The van der Waals surface area contributed by atoms with Gasteiger partial charge in [0.2, 0.25) is 0 Å². The van der Waals surface area contributed by atoms with Crippen LogP contribution in [0.5, 0.6) is 23.0 Å². The van der Waals surface area contributed by atoms with Crippen LogP contribution in [0.1, 0.15) is 58.5 Å². The van der Waals surface area contributed by atoms with Gasteiger partial charge >= 0.3 is 6.36 Å². The van der Waals surface area contributed by atoms with Crippen LogP contribution in [-0.4, -0.2) is 30.3 Å². The second-order valence-corrected chi connectivity index (χ2v) is 10.3. The highest BCUT2D eigenvalue weighted by atomic mass is 19.4. The molecule has 0 radical (unpaired) electrons. The number of anilines is 1. The van der Waals surface area contributed by atoms with Crippen LogP contribution < -0.4 is 25.3 Å². The highest BCUT2D eigenvalue weighted by Crippen LogP contribution is 2.57. The van der Waals surface area contributed by atoms with Crippen LogP contribution in [0.2, 0.25) is 0 Å². The fourth-order valence-corrected chi connectivity index (χ4v) is 6.07. The number of aromatic nitrogens is 1. The first-order chi connectivity index (χ1) is 19.4. The summed E-state index contributed by atoms with van der Waals surface area (Å²) in [6.07, 6.45) is -0.629. The zero-order chi connectivity index (χ0) is 29.5. The van der Waals surface area contributed by atoms with Gasteiger partial charge in [0, 0.05) is 18.0 Å². The summed E-state index contributed by atoms with van der Waals surface area (Å²) in [5.74, 6) is -1.97. The van der Waals surface area contributed by atoms with E-state index in [-0.39, 0.29) is 34.5 Å². The molecule has 3 aromatic rings. The summed E-state index contributed by atoms with van der Waals surface area (Å²) in [5, 5.41) is 2.52. The number of methoxy groups -OCH3 is 1. The third-order valence-corrected chi connectivity index (χ3v) is 7.95. The fourth-order valence-electron chi connectivity index (χ4n) is 6.07. The molecule has 0 spiro atoms. The van der Waals surface area contributed by atoms with Gasteiger partial charge in [-0.2, -0.15) is 0 Å². The van der Waals surface area contributed by atoms with Gasteiger partial charge in [0.1, 0.15) is 28.6 Å². The van der Waals surface area contributed by atoms with Crippen molar-refractivity contribution in [3.8, 4) is 23.0 Å². The Bertz CT molecular complexity index is 1500. The van der Waals surface area contributed by atoms with Gasteiger partial charge < -0.3 is 25.3 Å². The van der Waals surface area contributed by atoms with E-state index in [1.807, 2.05) is 0 Å². The number of primary amides is 1. The standard InChI is InChI=1S/C29H27F4N3O5/c1-14-15-3-5-19(14)20(9-15)16-10-21(30)26(28(38)36-17-7-8-35-22(12-17)27(34)37)25(11-16)40-23-6-4-18(13-24(23)39-2)41-29(31,32)33/h4,6-8,10-15,19-20H,3,5,9H2,1-2H3,(H2,34,37)(H,35,36,38)/t14-,15?,19?,20?/m0/s1. The highest BCUT2D eigenvalue weighted by molar-refractivity contribution is 6.07. The molecule has 2 aliphatic carbocycles. The van der Waals surface area contributed by atoms with Crippen LogP contribution in [0.4, 0.5) is 23.2 Å². The SMILES string of the molecule is COc1cc(OC(F)(F)F)ccc1Oc1cc(C2CC3CCC2[C@H]3C)cc(F)c1C(=O)Nc1ccnc(C(N)=O)c1. The van der Waals surface area contributed by atoms with Crippen molar-refractivity contribution in [1.82, 2.24) is 4.98 Å². The fraction of sp³-hybridized carbons (Fsp3) is 0.345. The average molecular weight is 574 g/mol. The minimum Gasteiger partial charge on any atom is -0.493 e. The first-order valence-corrected chi connectivity index (χ1v) is 13.0. The van der Waals surface area contributed by atoms with Crippen molar-refractivity contribution in [2.24, 2.45) is 23.5 Å². The van der Waals surface area contributed by atoms with E-state index in [0.29, 0.717) is 23.3 Å². The number of ether oxygens (including phenoxy) is 3. The minimum atomic E-state index is -4.92. The number of nitrogens with two attached hydrogens (primary N) is 1. The summed E-state index contributed by atoms with van der Waals surface area (Å²) in [6.45, 7) is 2.20. The molecule has 2 bridgehead atoms. The van der Waals surface area contributed by atoms with Crippen molar-refractivity contribution < 1.29 is 41.4 Å². The Morgan fingerprint density at radius 3 is 2.46 bits per heavy atom. The number of nitrogens with zero attached hydrogens (tertiary/aromatic N) is 1. The second kappa shape index (κ2) is 10.9. The third-order valence-electron chi connectivity index (χ3n) is 7.95. The van der Waals surface area contributed by atoms with Crippen molar-refractivity contribution >= 4 is 17.5 Å². The Morgan fingerprint density at radius 1 is 1.05 bits per heavy atom. The molecule has 3 N–H and O–H groups in total. The number of amides is 2. The molecule has 8 nitrogen and oxygen atoms in total. The Labute approximate surface area is 232 Å². The van der Waals surface area contributed by atoms with Gasteiger partial charge in [-0.1, -0.05) is 6.92 Å². The number of hydrogen-bond donors (Lipinski definition) is 2. The smallest absolute Gasteiger partial charge is 0.493 e. The van der Waals surface area contributed by atoms with E-state index in [1.54, 1.807) is 6.07 Å². The summed E-state index contributed by atoms with van der Waals surface area (Å²) in [5.41, 5.74) is 5.53. The second-order valence-electron chi connectivity index (χ2n) is 10.3. The number of benzene rings is 2. The van der Waals surface area contributed by atoms with Crippen LogP contribution in [0.15, 0.2) is 48.7 Å². The maximum Gasteiger partial charge on any atom is 0.573 e. The number of pyridine rings is 1. The molecule has 4 atom stereocenters. The lowest BCUT2D eigenvalue weighted by molar-refractivity contribution is -0.274. The molecule has 0 aliphatic heterocycles. The van der Waals surface area contributed by atoms with Crippen LogP contribution in [-0.2, 0) is 0 Å². The summed E-state index contributed by atoms with van der Waals surface area (Å²) < 4.78 is 69.1. The molecular formula is C29H27F4N3O5. The Hall–Kier alpha value is -4.35. The molecule has 1 heterocycles. The van der Waals surface area contributed by atoms with Crippen molar-refractivity contribution in [3.05, 3.63) is 71.3 Å². The van der Waals surface area contributed by atoms with E-state index in [2.05, 4.69) is 22.0 Å². The summed E-state index contributed by atoms with van der Waals surface area (Å²) in [4.78, 5) is 28.7. The van der Waals surface area contributed by atoms with Gasteiger partial charge in [-0.3, -0.25) is 14.6 Å². The number of rotatable bonds is 8. The molecule has 0 saturated heterocycles. The van der Waals surface area contributed by atoms with E-state index in [1.165, 1.54) is 37.6 Å². The van der Waals surface area contributed by atoms with Crippen molar-refractivity contribution in [2.45, 2.75) is 38.5 Å². The maximum atomic E-state index is 15.8. The molecular weight excluding hydrogens is 546 g/mol. The number of carbonyl (C=O) groups is 2. The lowest BCUT2D eigenvalue weighted by Crippen LogP contribution is -2.18. The average Bonchev–Trinajstić information content (AvgIpc) is 3.42. The number of fused-ring (bicyclic) bond motifs is 2. The largest absolute Gasteiger partial charge is 0.573 e. The molecule has 2 aliphatic rings. The molecule has 41 heavy (non-hydrogen) atoms. The van der Waals surface area contributed by atoms with Crippen LogP contribution in [0.3, 0.4) is 0 Å². The van der Waals surface area contributed by atoms with Gasteiger partial charge in [-0.05, 0) is 84.9 Å². The van der Waals surface area contributed by atoms with Crippen molar-refractivity contribution in [3.63, 3.8) is 0 Å². The number of alkyl halides is 3. The third kappa shape index (κ3) is 5.91. The molecule has 3 unspecified atom stereocenters. The Balaban J connectivity index is 1.53. The monoisotopic (exact) mass is 573 g/mol. The minimum absolute atomic E-state index is 0.0612. The van der Waals surface area contributed by atoms with E-state index >= 15 is 4.39 Å². The normalized spacial score (nSPS) is 21.4. The molecule has 1 aromatic heterocycles.